The summed E-state index contributed by atoms with van der Waals surface area (Å²) in [5, 5.41) is 9.81. The van der Waals surface area contributed by atoms with Gasteiger partial charge in [0.05, 0.1) is 18.0 Å². The molecule has 0 fully saturated rings. The van der Waals surface area contributed by atoms with Crippen molar-refractivity contribution in [1.29, 1.82) is 0 Å². The molecule has 8 nitrogen and oxygen atoms in total. The summed E-state index contributed by atoms with van der Waals surface area (Å²) in [6.07, 6.45) is 4.30. The van der Waals surface area contributed by atoms with Gasteiger partial charge in [-0.05, 0) is 73.7 Å². The van der Waals surface area contributed by atoms with Gasteiger partial charge in [0.2, 0.25) is 20.0 Å². The zero-order valence-electron chi connectivity index (χ0n) is 21.2. The van der Waals surface area contributed by atoms with Gasteiger partial charge < -0.3 is 9.84 Å². The van der Waals surface area contributed by atoms with Crippen LogP contribution in [0.25, 0.3) is 5.57 Å². The first kappa shape index (κ1) is 27.7. The van der Waals surface area contributed by atoms with E-state index in [1.165, 1.54) is 29.6 Å². The van der Waals surface area contributed by atoms with Gasteiger partial charge >= 0.3 is 0 Å². The highest BCUT2D eigenvalue weighted by atomic mass is 32.2. The fraction of sp³-hybridized carbons (Fsp3) is 0.462. The van der Waals surface area contributed by atoms with E-state index in [9.17, 15) is 26.3 Å². The number of allylic oxidation sites excluding steroid dienone is 2. The van der Waals surface area contributed by atoms with Crippen molar-refractivity contribution in [3.8, 4) is 5.75 Å². The predicted octanol–water partition coefficient (Wildman–Crippen LogP) is 3.48. The first-order chi connectivity index (χ1) is 17.4. The second-order valence-corrected chi connectivity index (χ2v) is 13.7. The van der Waals surface area contributed by atoms with Crippen LogP contribution in [0.3, 0.4) is 0 Å². The molecule has 0 saturated carbocycles. The number of hydrogen-bond donors (Lipinski definition) is 1. The second-order valence-electron chi connectivity index (χ2n) is 9.76. The highest BCUT2D eigenvalue weighted by Gasteiger charge is 2.39. The monoisotopic (exact) mass is 552 g/mol. The Hall–Kier alpha value is -2.31. The molecular weight excluding hydrogens is 519 g/mol. The van der Waals surface area contributed by atoms with Crippen LogP contribution >= 0.6 is 0 Å². The Labute approximate surface area is 218 Å². The third kappa shape index (κ3) is 5.61. The van der Waals surface area contributed by atoms with Crippen molar-refractivity contribution in [2.45, 2.75) is 55.0 Å². The van der Waals surface area contributed by atoms with Gasteiger partial charge in [-0.15, -0.1) is 0 Å². The fourth-order valence-corrected chi connectivity index (χ4v) is 7.72. The number of likely N-dealkylation sites (N-methyl/N-ethyl adjacent to an activating group) is 1. The Balaban J connectivity index is 1.74. The van der Waals surface area contributed by atoms with Crippen molar-refractivity contribution in [3.63, 3.8) is 0 Å². The van der Waals surface area contributed by atoms with Crippen molar-refractivity contribution in [2.75, 3.05) is 26.7 Å². The lowest BCUT2D eigenvalue weighted by Gasteiger charge is -2.37. The molecule has 11 heteroatoms. The van der Waals surface area contributed by atoms with E-state index in [1.807, 2.05) is 0 Å². The molecular formula is C26H33FN2O6S2. The number of benzene rings is 2. The summed E-state index contributed by atoms with van der Waals surface area (Å²) in [5.41, 5.74) is 1.99. The van der Waals surface area contributed by atoms with Crippen LogP contribution < -0.4 is 4.74 Å². The predicted molar refractivity (Wildman–Crippen MR) is 139 cm³/mol. The Kier molecular flexibility index (Phi) is 8.10. The minimum absolute atomic E-state index is 0.0175. The van der Waals surface area contributed by atoms with Crippen LogP contribution in [0, 0.1) is 11.7 Å². The molecule has 3 atom stereocenters. The molecule has 1 N–H and O–H groups in total. The topological polar surface area (TPSA) is 104 Å². The maximum Gasteiger partial charge on any atom is 0.247 e. The van der Waals surface area contributed by atoms with E-state index in [0.29, 0.717) is 0 Å². The van der Waals surface area contributed by atoms with Gasteiger partial charge in [-0.1, -0.05) is 19.1 Å². The number of sulfonamides is 2. The first-order valence-electron chi connectivity index (χ1n) is 12.3. The van der Waals surface area contributed by atoms with Gasteiger partial charge in [0.25, 0.3) is 0 Å². The lowest BCUT2D eigenvalue weighted by Crippen LogP contribution is -2.50. The molecule has 0 bridgehead atoms. The van der Waals surface area contributed by atoms with E-state index in [2.05, 4.69) is 6.08 Å². The van der Waals surface area contributed by atoms with E-state index in [0.717, 1.165) is 46.8 Å². The summed E-state index contributed by atoms with van der Waals surface area (Å²) in [4.78, 5) is -0.0695. The van der Waals surface area contributed by atoms with Crippen LogP contribution in [0.15, 0.2) is 58.3 Å². The molecule has 0 amide bonds. The summed E-state index contributed by atoms with van der Waals surface area (Å²) in [5.74, 6) is -0.801. The highest BCUT2D eigenvalue weighted by Crippen LogP contribution is 2.37. The lowest BCUT2D eigenvalue weighted by atomic mass is 10.0. The van der Waals surface area contributed by atoms with Crippen molar-refractivity contribution in [2.24, 2.45) is 5.92 Å². The lowest BCUT2D eigenvalue weighted by molar-refractivity contribution is 0.0904. The van der Waals surface area contributed by atoms with Crippen LogP contribution in [0.5, 0.6) is 5.75 Å². The van der Waals surface area contributed by atoms with Crippen molar-refractivity contribution >= 4 is 25.6 Å². The quantitative estimate of drug-likeness (QED) is 0.564. The van der Waals surface area contributed by atoms with Gasteiger partial charge in [-0.2, -0.15) is 8.61 Å². The van der Waals surface area contributed by atoms with Crippen molar-refractivity contribution < 1.29 is 31.1 Å². The molecule has 2 aromatic rings. The number of aliphatic hydroxyl groups is 1. The summed E-state index contributed by atoms with van der Waals surface area (Å²) < 4.78 is 75.7. The third-order valence-corrected chi connectivity index (χ3v) is 10.9. The van der Waals surface area contributed by atoms with E-state index >= 15 is 0 Å². The molecule has 0 radical (unpaired) electrons. The molecule has 0 unspecified atom stereocenters. The summed E-state index contributed by atoms with van der Waals surface area (Å²) in [6.45, 7) is 3.03. The minimum atomic E-state index is -3.99. The molecule has 0 saturated heterocycles. The SMILES string of the molecule is C[C@@H]1CN([C@@H](C)CO)S(=O)(=O)c2ccc(C3=CCCC3)cc2O[C@H]1CN(C)S(=O)(=O)c1ccc(F)cc1. The summed E-state index contributed by atoms with van der Waals surface area (Å²) in [7, 11) is -6.53. The molecule has 4 rings (SSSR count). The number of hydrogen-bond acceptors (Lipinski definition) is 6. The van der Waals surface area contributed by atoms with Crippen LogP contribution in [0.4, 0.5) is 4.39 Å². The fourth-order valence-electron chi connectivity index (χ4n) is 4.71. The number of fused-ring (bicyclic) bond motifs is 1. The average molecular weight is 553 g/mol. The molecule has 1 heterocycles. The van der Waals surface area contributed by atoms with Crippen LogP contribution in [-0.4, -0.2) is 69.4 Å². The zero-order valence-corrected chi connectivity index (χ0v) is 22.8. The smallest absolute Gasteiger partial charge is 0.247 e. The molecule has 0 aromatic heterocycles. The van der Waals surface area contributed by atoms with Gasteiger partial charge in [-0.25, -0.2) is 21.2 Å². The maximum atomic E-state index is 13.6. The minimum Gasteiger partial charge on any atom is -0.487 e. The summed E-state index contributed by atoms with van der Waals surface area (Å²) >= 11 is 0. The maximum absolute atomic E-state index is 13.6. The summed E-state index contributed by atoms with van der Waals surface area (Å²) in [6, 6.07) is 8.92. The van der Waals surface area contributed by atoms with E-state index in [1.54, 1.807) is 26.0 Å². The van der Waals surface area contributed by atoms with Crippen LogP contribution in [0.1, 0.15) is 38.7 Å². The van der Waals surface area contributed by atoms with Gasteiger partial charge in [0, 0.05) is 25.6 Å². The van der Waals surface area contributed by atoms with E-state index in [4.69, 9.17) is 4.74 Å². The third-order valence-electron chi connectivity index (χ3n) is 7.04. The molecule has 2 aliphatic rings. The Morgan fingerprint density at radius 1 is 1.22 bits per heavy atom. The average Bonchev–Trinajstić information content (AvgIpc) is 3.41. The van der Waals surface area contributed by atoms with E-state index in [-0.39, 0.29) is 35.2 Å². The number of aliphatic hydroxyl groups excluding tert-OH is 1. The standard InChI is InChI=1S/C26H33FN2O6S2/c1-18-15-29(19(2)17-30)37(33,34)26-13-8-21(20-6-4-5-7-20)14-24(26)35-25(18)16-28(3)36(31,32)23-11-9-22(27)10-12-23/h6,8-14,18-19,25,30H,4-5,7,15-17H2,1-3H3/t18-,19+,25+/m1/s1. The number of rotatable bonds is 7. The van der Waals surface area contributed by atoms with Crippen molar-refractivity contribution in [3.05, 3.63) is 59.9 Å². The molecule has 202 valence electrons. The Morgan fingerprint density at radius 3 is 2.54 bits per heavy atom. The van der Waals surface area contributed by atoms with Crippen LogP contribution in [-0.2, 0) is 20.0 Å². The largest absolute Gasteiger partial charge is 0.487 e. The molecule has 0 spiro atoms. The van der Waals surface area contributed by atoms with Gasteiger partial charge in [0.15, 0.2) is 0 Å². The normalized spacial score (nSPS) is 23.0. The Bertz CT molecular complexity index is 1380. The van der Waals surface area contributed by atoms with Crippen molar-refractivity contribution in [1.82, 2.24) is 8.61 Å². The van der Waals surface area contributed by atoms with Gasteiger partial charge in [0.1, 0.15) is 22.6 Å². The Morgan fingerprint density at radius 2 is 1.92 bits per heavy atom. The number of ether oxygens (including phenoxy) is 1. The highest BCUT2D eigenvalue weighted by molar-refractivity contribution is 7.89. The van der Waals surface area contributed by atoms with Crippen LogP contribution in [0.2, 0.25) is 0 Å². The van der Waals surface area contributed by atoms with E-state index < -0.39 is 43.9 Å². The molecule has 1 aliphatic heterocycles. The number of halogens is 1. The first-order valence-corrected chi connectivity index (χ1v) is 15.2. The molecule has 37 heavy (non-hydrogen) atoms. The number of nitrogens with zero attached hydrogens (tertiary/aromatic N) is 2. The molecule has 2 aromatic carbocycles. The van der Waals surface area contributed by atoms with Gasteiger partial charge in [-0.3, -0.25) is 0 Å². The molecule has 1 aliphatic carbocycles. The second kappa shape index (κ2) is 10.8. The zero-order chi connectivity index (χ0) is 27.0.